The average Bonchev–Trinajstić information content (AvgIpc) is 3.48. The molecule has 174 valence electrons. The molecule has 8 heteroatoms. The lowest BCUT2D eigenvalue weighted by Gasteiger charge is -2.17. The molecule has 3 N–H and O–H groups in total. The average molecular weight is 449 g/mol. The Balaban J connectivity index is 0.00000152. The number of hydrogen-bond acceptors (Lipinski definition) is 5. The van der Waals surface area contributed by atoms with Gasteiger partial charge < -0.3 is 15.6 Å². The number of aromatic nitrogens is 4. The minimum Gasteiger partial charge on any atom is -0.365 e. The van der Waals surface area contributed by atoms with Crippen molar-refractivity contribution in [3.8, 4) is 0 Å². The van der Waals surface area contributed by atoms with Gasteiger partial charge in [0.15, 0.2) is 5.82 Å². The minimum absolute atomic E-state index is 0. The highest BCUT2D eigenvalue weighted by molar-refractivity contribution is 5.80. The van der Waals surface area contributed by atoms with Gasteiger partial charge in [-0.15, -0.1) is 0 Å². The summed E-state index contributed by atoms with van der Waals surface area (Å²) in [6.45, 7) is 2.71. The highest BCUT2D eigenvalue weighted by Gasteiger charge is 2.45. The Morgan fingerprint density at radius 2 is 2.09 bits per heavy atom. The second-order valence-electron chi connectivity index (χ2n) is 8.66. The van der Waals surface area contributed by atoms with Gasteiger partial charge >= 0.3 is 0 Å². The molecule has 0 atom stereocenters. The van der Waals surface area contributed by atoms with E-state index in [1.165, 1.54) is 4.57 Å². The first-order valence-corrected chi connectivity index (χ1v) is 11.1. The number of aromatic amines is 1. The van der Waals surface area contributed by atoms with Crippen molar-refractivity contribution < 1.29 is 9.07 Å². The van der Waals surface area contributed by atoms with Crippen LogP contribution in [0, 0.1) is 6.92 Å². The maximum atomic E-state index is 13.0. The summed E-state index contributed by atoms with van der Waals surface area (Å²) in [5, 5.41) is 7.21. The van der Waals surface area contributed by atoms with Gasteiger partial charge in [-0.05, 0) is 61.0 Å². The number of nitrogens with zero attached hydrogens (tertiary/aromatic N) is 3. The quantitative estimate of drug-likeness (QED) is 0.382. The van der Waals surface area contributed by atoms with E-state index in [4.69, 9.17) is 0 Å². The van der Waals surface area contributed by atoms with Crippen LogP contribution in [0.4, 0.5) is 5.82 Å². The highest BCUT2D eigenvalue weighted by atomic mass is 16.2. The Bertz CT molecular complexity index is 1370. The molecule has 8 nitrogen and oxygen atoms in total. The van der Waals surface area contributed by atoms with E-state index in [9.17, 15) is 9.59 Å². The van der Waals surface area contributed by atoms with Crippen LogP contribution in [0.1, 0.15) is 34.1 Å². The molecule has 1 aromatic carbocycles. The number of rotatable bonds is 8. The molecule has 0 radical (unpaired) electrons. The van der Waals surface area contributed by atoms with E-state index in [0.29, 0.717) is 18.8 Å². The number of nitrogens with one attached hydrogen (secondary N) is 3. The Morgan fingerprint density at radius 3 is 2.88 bits per heavy atom. The third kappa shape index (κ3) is 4.37. The fourth-order valence-electron chi connectivity index (χ4n) is 4.11. The van der Waals surface area contributed by atoms with Gasteiger partial charge in [0, 0.05) is 58.3 Å². The van der Waals surface area contributed by atoms with Crippen LogP contribution >= 0.6 is 0 Å². The zero-order valence-corrected chi connectivity index (χ0v) is 18.5. The number of fused-ring (bicyclic) bond motifs is 1. The van der Waals surface area contributed by atoms with Crippen LogP contribution < -0.4 is 16.2 Å². The molecule has 0 spiro atoms. The predicted octanol–water partition coefficient (Wildman–Crippen LogP) is 3.63. The fourth-order valence-corrected chi connectivity index (χ4v) is 4.11. The number of benzene rings is 1. The molecule has 1 aliphatic rings. The van der Waals surface area contributed by atoms with E-state index in [1.54, 1.807) is 19.3 Å². The van der Waals surface area contributed by atoms with Crippen LogP contribution in [0.15, 0.2) is 65.8 Å². The molecule has 0 aliphatic heterocycles. The molecule has 1 fully saturated rings. The molecule has 3 aromatic heterocycles. The molecule has 1 saturated carbocycles. The molecule has 1 amide bonds. The van der Waals surface area contributed by atoms with Crippen molar-refractivity contribution in [2.75, 3.05) is 11.9 Å². The summed E-state index contributed by atoms with van der Waals surface area (Å²) in [6.07, 6.45) is 7.35. The van der Waals surface area contributed by atoms with Gasteiger partial charge in [0.25, 0.3) is 5.56 Å². The van der Waals surface area contributed by atoms with E-state index in [0.717, 1.165) is 35.0 Å². The Labute approximate surface area is 195 Å². The number of carbonyl (C=O) groups is 1. The van der Waals surface area contributed by atoms with Gasteiger partial charge in [-0.2, -0.15) is 0 Å². The standard InChI is InChI=1S/C25H26N6O2.3H2/c1-17-13-29-23(30-16-25(8-9-25)21-4-2-3-10-27-21)24(33)31(17)15-22(32)28-14-18-5-6-20-19(12-18)7-11-26-20;;;/h2-7,10-13,26H,8-9,14-16H2,1H3,(H,28,32)(H,29,30);3*1H. The third-order valence-electron chi connectivity index (χ3n) is 6.32. The van der Waals surface area contributed by atoms with Gasteiger partial charge in [0.2, 0.25) is 5.91 Å². The summed E-state index contributed by atoms with van der Waals surface area (Å²) in [5.74, 6) is 0.0344. The SMILES string of the molecule is Cc1cnc(NCC2(c3ccccn3)CC2)c(=O)n1CC(=O)NCc1ccc2[nH]ccc2c1.[HH].[HH].[HH]. The van der Waals surface area contributed by atoms with Crippen molar-refractivity contribution in [2.24, 2.45) is 0 Å². The molecular formula is C25H32N6O2. The predicted molar refractivity (Wildman–Crippen MR) is 133 cm³/mol. The molecule has 0 unspecified atom stereocenters. The molecule has 33 heavy (non-hydrogen) atoms. The molecule has 1 aliphatic carbocycles. The summed E-state index contributed by atoms with van der Waals surface area (Å²) < 4.78 is 1.46. The van der Waals surface area contributed by atoms with Crippen LogP contribution in [-0.4, -0.2) is 32.0 Å². The number of pyridine rings is 1. The van der Waals surface area contributed by atoms with Crippen molar-refractivity contribution in [1.82, 2.24) is 24.8 Å². The lowest BCUT2D eigenvalue weighted by Crippen LogP contribution is -2.35. The normalized spacial score (nSPS) is 14.2. The van der Waals surface area contributed by atoms with Gasteiger partial charge in [0.05, 0.1) is 0 Å². The molecule has 0 saturated heterocycles. The maximum Gasteiger partial charge on any atom is 0.293 e. The summed E-state index contributed by atoms with van der Waals surface area (Å²) in [7, 11) is 0. The number of hydrogen-bond donors (Lipinski definition) is 3. The minimum atomic E-state index is -0.296. The first-order chi connectivity index (χ1) is 16.0. The lowest BCUT2D eigenvalue weighted by molar-refractivity contribution is -0.121. The van der Waals surface area contributed by atoms with E-state index in [-0.39, 0.29) is 33.5 Å². The Kier molecular flexibility index (Phi) is 5.42. The first-order valence-electron chi connectivity index (χ1n) is 11.1. The molecule has 0 bridgehead atoms. The van der Waals surface area contributed by atoms with Crippen molar-refractivity contribution >= 4 is 22.6 Å². The molecule has 3 heterocycles. The monoisotopic (exact) mass is 448 g/mol. The third-order valence-corrected chi connectivity index (χ3v) is 6.32. The van der Waals surface area contributed by atoms with Crippen molar-refractivity contribution in [2.45, 2.75) is 38.3 Å². The van der Waals surface area contributed by atoms with Gasteiger partial charge in [-0.25, -0.2) is 4.98 Å². The van der Waals surface area contributed by atoms with E-state index in [1.807, 2.05) is 48.7 Å². The maximum absolute atomic E-state index is 13.0. The Morgan fingerprint density at radius 1 is 1.21 bits per heavy atom. The second-order valence-corrected chi connectivity index (χ2v) is 8.66. The van der Waals surface area contributed by atoms with E-state index in [2.05, 4.69) is 25.6 Å². The molecule has 4 aromatic rings. The topological polar surface area (TPSA) is 105 Å². The van der Waals surface area contributed by atoms with Crippen LogP contribution in [0.2, 0.25) is 0 Å². The lowest BCUT2D eigenvalue weighted by atomic mass is 10.0. The largest absolute Gasteiger partial charge is 0.365 e. The van der Waals surface area contributed by atoms with Crippen molar-refractivity contribution in [1.29, 1.82) is 0 Å². The van der Waals surface area contributed by atoms with Crippen LogP contribution in [-0.2, 0) is 23.3 Å². The van der Waals surface area contributed by atoms with Crippen LogP contribution in [0.3, 0.4) is 0 Å². The molecular weight excluding hydrogens is 416 g/mol. The zero-order valence-electron chi connectivity index (χ0n) is 18.5. The summed E-state index contributed by atoms with van der Waals surface area (Å²) in [5.41, 5.74) is 3.38. The van der Waals surface area contributed by atoms with Gasteiger partial charge in [0.1, 0.15) is 6.54 Å². The number of anilines is 1. The number of aryl methyl sites for hydroxylation is 1. The number of amides is 1. The van der Waals surface area contributed by atoms with Gasteiger partial charge in [-0.3, -0.25) is 19.1 Å². The van der Waals surface area contributed by atoms with Gasteiger partial charge in [-0.1, -0.05) is 12.1 Å². The number of H-pyrrole nitrogens is 1. The van der Waals surface area contributed by atoms with Crippen LogP contribution in [0.25, 0.3) is 10.9 Å². The Hall–Kier alpha value is -3.94. The highest BCUT2D eigenvalue weighted by Crippen LogP contribution is 2.47. The number of carbonyl (C=O) groups excluding carboxylic acids is 1. The fraction of sp³-hybridized carbons (Fsp3) is 0.280. The van der Waals surface area contributed by atoms with Crippen molar-refractivity contribution in [3.63, 3.8) is 0 Å². The molecule has 5 rings (SSSR count). The van der Waals surface area contributed by atoms with E-state index >= 15 is 0 Å². The summed E-state index contributed by atoms with van der Waals surface area (Å²) in [4.78, 5) is 37.6. The first kappa shape index (κ1) is 20.9. The summed E-state index contributed by atoms with van der Waals surface area (Å²) in [6, 6.07) is 13.9. The summed E-state index contributed by atoms with van der Waals surface area (Å²) >= 11 is 0. The van der Waals surface area contributed by atoms with Crippen molar-refractivity contribution in [3.05, 3.63) is 88.4 Å². The zero-order chi connectivity index (χ0) is 22.8. The smallest absolute Gasteiger partial charge is 0.293 e. The second kappa shape index (κ2) is 8.54. The van der Waals surface area contributed by atoms with Crippen LogP contribution in [0.5, 0.6) is 0 Å². The van der Waals surface area contributed by atoms with E-state index < -0.39 is 0 Å².